The van der Waals surface area contributed by atoms with E-state index >= 15 is 0 Å². The number of methoxy groups -OCH3 is 1. The monoisotopic (exact) mass is 301 g/mol. The van der Waals surface area contributed by atoms with Gasteiger partial charge in [-0.25, -0.2) is 0 Å². The first-order valence-electron chi connectivity index (χ1n) is 5.99. The number of carbonyl (C=O) groups is 1. The summed E-state index contributed by atoms with van der Waals surface area (Å²) in [6.07, 6.45) is 1.83. The first kappa shape index (κ1) is 13.1. The molecule has 1 saturated heterocycles. The van der Waals surface area contributed by atoms with Crippen molar-refractivity contribution in [3.8, 4) is 5.75 Å². The second-order valence-electron chi connectivity index (χ2n) is 4.25. The minimum Gasteiger partial charge on any atom is -0.496 e. The van der Waals surface area contributed by atoms with E-state index in [1.807, 2.05) is 42.5 Å². The molecule has 100 valence electrons. The van der Waals surface area contributed by atoms with Gasteiger partial charge in [0.15, 0.2) is 0 Å². The number of hydrogen-bond donors (Lipinski definition) is 1. The lowest BCUT2D eigenvalue weighted by molar-refractivity contribution is -0.115. The molecular weight excluding hydrogens is 290 g/mol. The van der Waals surface area contributed by atoms with Crippen LogP contribution < -0.4 is 10.1 Å². The Balaban J connectivity index is 2.21. The highest BCUT2D eigenvalue weighted by atomic mass is 32.2. The van der Waals surface area contributed by atoms with E-state index in [1.54, 1.807) is 7.11 Å². The molecule has 3 rings (SSSR count). The topological polar surface area (TPSA) is 38.3 Å². The predicted molar refractivity (Wildman–Crippen MR) is 86.8 cm³/mol. The molecule has 3 nitrogen and oxygen atoms in total. The van der Waals surface area contributed by atoms with Gasteiger partial charge < -0.3 is 10.1 Å². The molecule has 5 heteroatoms. The zero-order valence-electron chi connectivity index (χ0n) is 10.7. The normalized spacial score (nSPS) is 16.8. The van der Waals surface area contributed by atoms with E-state index < -0.39 is 0 Å². The van der Waals surface area contributed by atoms with Gasteiger partial charge in [0.25, 0.3) is 5.91 Å². The van der Waals surface area contributed by atoms with E-state index in [0.717, 1.165) is 22.1 Å². The number of carbonyl (C=O) groups excluding carboxylic acids is 1. The third-order valence-corrected chi connectivity index (χ3v) is 4.23. The minimum absolute atomic E-state index is 0.157. The van der Waals surface area contributed by atoms with Gasteiger partial charge in [-0.2, -0.15) is 0 Å². The molecular formula is C15H11NO2S2. The smallest absolute Gasteiger partial charge is 0.263 e. The molecule has 1 aliphatic heterocycles. The van der Waals surface area contributed by atoms with E-state index in [1.165, 1.54) is 11.8 Å². The van der Waals surface area contributed by atoms with Gasteiger partial charge in [0.2, 0.25) is 0 Å². The van der Waals surface area contributed by atoms with Crippen molar-refractivity contribution >= 4 is 51.1 Å². The molecule has 0 aromatic heterocycles. The Labute approximate surface area is 126 Å². The molecule has 0 saturated carbocycles. The lowest BCUT2D eigenvalue weighted by Crippen LogP contribution is -2.17. The van der Waals surface area contributed by atoms with Crippen LogP contribution in [0.3, 0.4) is 0 Å². The van der Waals surface area contributed by atoms with E-state index in [2.05, 4.69) is 5.32 Å². The van der Waals surface area contributed by atoms with Crippen LogP contribution >= 0.6 is 24.0 Å². The molecule has 1 N–H and O–H groups in total. The zero-order valence-corrected chi connectivity index (χ0v) is 12.3. The first-order valence-corrected chi connectivity index (χ1v) is 7.22. The maximum absolute atomic E-state index is 11.8. The summed E-state index contributed by atoms with van der Waals surface area (Å²) in [5.41, 5.74) is 0.896. The fraction of sp³-hybridized carbons (Fsp3) is 0.0667. The molecule has 1 fully saturated rings. The average molecular weight is 301 g/mol. The van der Waals surface area contributed by atoms with E-state index in [4.69, 9.17) is 17.0 Å². The number of benzene rings is 2. The van der Waals surface area contributed by atoms with Gasteiger partial charge >= 0.3 is 0 Å². The number of thioether (sulfide) groups is 1. The molecule has 1 aliphatic rings. The SMILES string of the molecule is COc1ccc2ccccc2c1C=C1SC(=S)NC1=O. The molecule has 0 aliphatic carbocycles. The van der Waals surface area contributed by atoms with Crippen molar-refractivity contribution in [3.05, 3.63) is 46.9 Å². The Kier molecular flexibility index (Phi) is 3.46. The highest BCUT2D eigenvalue weighted by Crippen LogP contribution is 2.33. The van der Waals surface area contributed by atoms with E-state index in [-0.39, 0.29) is 5.91 Å². The van der Waals surface area contributed by atoms with Gasteiger partial charge in [-0.1, -0.05) is 54.3 Å². The van der Waals surface area contributed by atoms with Crippen LogP contribution in [0, 0.1) is 0 Å². The summed E-state index contributed by atoms with van der Waals surface area (Å²) in [7, 11) is 1.62. The van der Waals surface area contributed by atoms with Crippen molar-refractivity contribution in [2.24, 2.45) is 0 Å². The van der Waals surface area contributed by atoms with E-state index in [0.29, 0.717) is 9.23 Å². The summed E-state index contributed by atoms with van der Waals surface area (Å²) in [6.45, 7) is 0. The average Bonchev–Trinajstić information content (AvgIpc) is 2.77. The van der Waals surface area contributed by atoms with Crippen LogP contribution in [0.5, 0.6) is 5.75 Å². The van der Waals surface area contributed by atoms with Crippen LogP contribution in [0.4, 0.5) is 0 Å². The van der Waals surface area contributed by atoms with Gasteiger partial charge in [0.1, 0.15) is 10.1 Å². The molecule has 20 heavy (non-hydrogen) atoms. The van der Waals surface area contributed by atoms with E-state index in [9.17, 15) is 4.79 Å². The third kappa shape index (κ3) is 2.30. The van der Waals surface area contributed by atoms with Crippen LogP contribution in [-0.4, -0.2) is 17.3 Å². The van der Waals surface area contributed by atoms with Crippen molar-refractivity contribution in [1.82, 2.24) is 5.32 Å². The number of fused-ring (bicyclic) bond motifs is 1. The molecule has 2 aromatic rings. The summed E-state index contributed by atoms with van der Waals surface area (Å²) in [5.74, 6) is 0.581. The molecule has 0 bridgehead atoms. The number of thiocarbonyl (C=S) groups is 1. The van der Waals surface area contributed by atoms with Gasteiger partial charge in [-0.05, 0) is 22.9 Å². The second kappa shape index (κ2) is 5.26. The lowest BCUT2D eigenvalue weighted by Gasteiger charge is -2.09. The summed E-state index contributed by atoms with van der Waals surface area (Å²) >= 11 is 6.28. The molecule has 1 heterocycles. The highest BCUT2D eigenvalue weighted by Gasteiger charge is 2.23. The minimum atomic E-state index is -0.157. The van der Waals surface area contributed by atoms with Crippen molar-refractivity contribution < 1.29 is 9.53 Å². The lowest BCUT2D eigenvalue weighted by atomic mass is 10.0. The van der Waals surface area contributed by atoms with Gasteiger partial charge in [0, 0.05) is 5.56 Å². The van der Waals surface area contributed by atoms with Crippen molar-refractivity contribution in [2.75, 3.05) is 7.11 Å². The summed E-state index contributed by atoms with van der Waals surface area (Å²) < 4.78 is 5.89. The van der Waals surface area contributed by atoms with Gasteiger partial charge in [-0.3, -0.25) is 4.79 Å². The number of nitrogens with one attached hydrogen (secondary N) is 1. The van der Waals surface area contributed by atoms with Crippen LogP contribution in [0.2, 0.25) is 0 Å². The predicted octanol–water partition coefficient (Wildman–Crippen LogP) is 3.34. The standard InChI is InChI=1S/C15H11NO2S2/c1-18-12-7-6-9-4-2-3-5-10(9)11(12)8-13-14(17)16-15(19)20-13/h2-8H,1H3,(H,16,17,19). The van der Waals surface area contributed by atoms with Crippen molar-refractivity contribution in [3.63, 3.8) is 0 Å². The second-order valence-corrected chi connectivity index (χ2v) is 5.97. The Morgan fingerprint density at radius 1 is 1.25 bits per heavy atom. The van der Waals surface area contributed by atoms with Crippen LogP contribution in [0.15, 0.2) is 41.3 Å². The summed E-state index contributed by atoms with van der Waals surface area (Å²) in [4.78, 5) is 12.4. The van der Waals surface area contributed by atoms with Gasteiger partial charge in [0.05, 0.1) is 12.0 Å². The molecule has 0 atom stereocenters. The molecule has 0 spiro atoms. The molecule has 0 unspecified atom stereocenters. The molecule has 1 amide bonds. The zero-order chi connectivity index (χ0) is 14.1. The number of amides is 1. The van der Waals surface area contributed by atoms with Crippen LogP contribution in [-0.2, 0) is 4.79 Å². The van der Waals surface area contributed by atoms with Gasteiger partial charge in [-0.15, -0.1) is 0 Å². The Bertz CT molecular complexity index is 753. The molecule has 2 aromatic carbocycles. The summed E-state index contributed by atoms with van der Waals surface area (Å²) in [5, 5.41) is 4.77. The Hall–Kier alpha value is -1.85. The number of ether oxygens (including phenoxy) is 1. The van der Waals surface area contributed by atoms with Crippen molar-refractivity contribution in [1.29, 1.82) is 0 Å². The largest absolute Gasteiger partial charge is 0.496 e. The Morgan fingerprint density at radius 3 is 2.75 bits per heavy atom. The highest BCUT2D eigenvalue weighted by molar-refractivity contribution is 8.26. The number of rotatable bonds is 2. The van der Waals surface area contributed by atoms with Crippen LogP contribution in [0.1, 0.15) is 5.56 Å². The van der Waals surface area contributed by atoms with Crippen LogP contribution in [0.25, 0.3) is 16.8 Å². The molecule has 0 radical (unpaired) electrons. The summed E-state index contributed by atoms with van der Waals surface area (Å²) in [6, 6.07) is 11.9. The first-order chi connectivity index (χ1) is 9.69. The maximum Gasteiger partial charge on any atom is 0.263 e. The number of hydrogen-bond acceptors (Lipinski definition) is 4. The quantitative estimate of drug-likeness (QED) is 0.682. The fourth-order valence-corrected chi connectivity index (χ4v) is 3.18. The Morgan fingerprint density at radius 2 is 2.05 bits per heavy atom. The third-order valence-electron chi connectivity index (χ3n) is 3.07. The fourth-order valence-electron chi connectivity index (χ4n) is 2.15. The maximum atomic E-state index is 11.8. The van der Waals surface area contributed by atoms with Crippen molar-refractivity contribution in [2.45, 2.75) is 0 Å².